The first-order valence-electron chi connectivity index (χ1n) is 4.68. The maximum absolute atomic E-state index is 11.2. The van der Waals surface area contributed by atoms with Crippen LogP contribution in [0.2, 0.25) is 0 Å². The summed E-state index contributed by atoms with van der Waals surface area (Å²) in [5.74, 6) is 0. The molecule has 0 aliphatic rings. The van der Waals surface area contributed by atoms with Crippen LogP contribution in [0.5, 0.6) is 0 Å². The molecule has 0 amide bonds. The fourth-order valence-corrected chi connectivity index (χ4v) is 1.86. The van der Waals surface area contributed by atoms with Crippen molar-refractivity contribution in [2.45, 2.75) is 18.4 Å². The Morgan fingerprint density at radius 1 is 1.50 bits per heavy atom. The molecule has 0 aliphatic carbocycles. The van der Waals surface area contributed by atoms with Crippen molar-refractivity contribution >= 4 is 9.84 Å². The summed E-state index contributed by atoms with van der Waals surface area (Å²) in [6, 6.07) is 5.05. The summed E-state index contributed by atoms with van der Waals surface area (Å²) in [5, 5.41) is 8.45. The van der Waals surface area contributed by atoms with E-state index in [1.165, 1.54) is 12.3 Å². The minimum atomic E-state index is -3.14. The highest BCUT2D eigenvalue weighted by Crippen LogP contribution is 2.04. The zero-order valence-electron chi connectivity index (χ0n) is 9.21. The molecule has 0 aliphatic heterocycles. The molecule has 1 rings (SSSR count). The van der Waals surface area contributed by atoms with Gasteiger partial charge in [0, 0.05) is 30.0 Å². The lowest BCUT2D eigenvalue weighted by atomic mass is 10.3. The molecule has 0 saturated carbocycles. The quantitative estimate of drug-likeness (QED) is 0.578. The summed E-state index contributed by atoms with van der Waals surface area (Å²) in [4.78, 5) is 0.297. The van der Waals surface area contributed by atoms with Gasteiger partial charge in [-0.2, -0.15) is 5.26 Å². The van der Waals surface area contributed by atoms with E-state index in [-0.39, 0.29) is 0 Å². The zero-order chi connectivity index (χ0) is 12.2. The second-order valence-electron chi connectivity index (χ2n) is 3.60. The molecule has 0 bridgehead atoms. The normalized spacial score (nSPS) is 12.2. The van der Waals surface area contributed by atoms with Gasteiger partial charge in [-0.3, -0.25) is 0 Å². The molecule has 0 unspecified atom stereocenters. The summed E-state index contributed by atoms with van der Waals surface area (Å²) in [6.45, 7) is 2.43. The molecule has 1 heterocycles. The first kappa shape index (κ1) is 12.4. The van der Waals surface area contributed by atoms with Crippen molar-refractivity contribution < 1.29 is 13.0 Å². The maximum Gasteiger partial charge on any atom is 0.175 e. The standard InChI is InChI=1S/C11H13N2O2S/c1-10(3-6-12)9-13-7-4-11(5-8-13)16(2,14)15/h3-5,7-8H,9H2,1-2H3/q+1/b10-3+. The van der Waals surface area contributed by atoms with Crippen molar-refractivity contribution in [1.82, 2.24) is 0 Å². The van der Waals surface area contributed by atoms with Crippen LogP contribution in [-0.4, -0.2) is 14.7 Å². The van der Waals surface area contributed by atoms with Gasteiger partial charge in [0.2, 0.25) is 0 Å². The number of aromatic nitrogens is 1. The lowest BCUT2D eigenvalue weighted by molar-refractivity contribution is -0.689. The third kappa shape index (κ3) is 3.48. The van der Waals surface area contributed by atoms with Gasteiger partial charge in [-0.05, 0) is 6.92 Å². The van der Waals surface area contributed by atoms with E-state index in [4.69, 9.17) is 5.26 Å². The average Bonchev–Trinajstić information content (AvgIpc) is 2.17. The fraction of sp³-hybridized carbons (Fsp3) is 0.273. The zero-order valence-corrected chi connectivity index (χ0v) is 10.0. The second-order valence-corrected chi connectivity index (χ2v) is 5.61. The fourth-order valence-electron chi connectivity index (χ4n) is 1.24. The number of rotatable bonds is 3. The molecule has 0 spiro atoms. The molecule has 1 aromatic rings. The number of sulfone groups is 1. The van der Waals surface area contributed by atoms with Gasteiger partial charge < -0.3 is 0 Å². The summed E-state index contributed by atoms with van der Waals surface area (Å²) in [5.41, 5.74) is 0.916. The third-order valence-electron chi connectivity index (χ3n) is 2.03. The molecule has 0 N–H and O–H groups in total. The van der Waals surface area contributed by atoms with Crippen molar-refractivity contribution in [1.29, 1.82) is 5.26 Å². The summed E-state index contributed by atoms with van der Waals surface area (Å²) >= 11 is 0. The lowest BCUT2D eigenvalue weighted by Gasteiger charge is -1.98. The van der Waals surface area contributed by atoms with Gasteiger partial charge in [0.15, 0.2) is 28.8 Å². The van der Waals surface area contributed by atoms with Gasteiger partial charge >= 0.3 is 0 Å². The van der Waals surface area contributed by atoms with E-state index in [9.17, 15) is 8.42 Å². The monoisotopic (exact) mass is 237 g/mol. The Balaban J connectivity index is 2.89. The van der Waals surface area contributed by atoms with E-state index in [1.807, 2.05) is 17.6 Å². The van der Waals surface area contributed by atoms with Crippen LogP contribution >= 0.6 is 0 Å². The van der Waals surface area contributed by atoms with Crippen molar-refractivity contribution in [3.63, 3.8) is 0 Å². The molecule has 0 radical (unpaired) electrons. The van der Waals surface area contributed by atoms with Crippen LogP contribution in [0.25, 0.3) is 0 Å². The van der Waals surface area contributed by atoms with Crippen LogP contribution in [-0.2, 0) is 16.4 Å². The summed E-state index contributed by atoms with van der Waals surface area (Å²) in [6.07, 6.45) is 6.02. The van der Waals surface area contributed by atoms with Crippen LogP contribution < -0.4 is 4.57 Å². The SMILES string of the molecule is C/C(=C\C#N)C[n+]1ccc(S(C)(=O)=O)cc1. The average molecular weight is 237 g/mol. The van der Waals surface area contributed by atoms with Gasteiger partial charge in [0.1, 0.15) is 0 Å². The van der Waals surface area contributed by atoms with Crippen LogP contribution in [0.15, 0.2) is 41.1 Å². The van der Waals surface area contributed by atoms with Crippen molar-refractivity contribution in [3.05, 3.63) is 36.2 Å². The number of hydrogen-bond donors (Lipinski definition) is 0. The van der Waals surface area contributed by atoms with Gasteiger partial charge in [-0.25, -0.2) is 13.0 Å². The molecule has 5 heteroatoms. The van der Waals surface area contributed by atoms with Crippen LogP contribution in [0.4, 0.5) is 0 Å². The van der Waals surface area contributed by atoms with Crippen LogP contribution in [0.1, 0.15) is 6.92 Å². The molecular weight excluding hydrogens is 224 g/mol. The number of hydrogen-bond acceptors (Lipinski definition) is 3. The van der Waals surface area contributed by atoms with E-state index in [2.05, 4.69) is 0 Å². The smallest absolute Gasteiger partial charge is 0.175 e. The first-order valence-corrected chi connectivity index (χ1v) is 6.57. The Hall–Kier alpha value is -1.67. The first-order chi connectivity index (χ1) is 7.43. The Morgan fingerprint density at radius 3 is 2.50 bits per heavy atom. The number of allylic oxidation sites excluding steroid dienone is 2. The Bertz CT molecular complexity index is 536. The van der Waals surface area contributed by atoms with E-state index in [1.54, 1.807) is 24.5 Å². The highest BCUT2D eigenvalue weighted by Gasteiger charge is 2.09. The van der Waals surface area contributed by atoms with Crippen molar-refractivity contribution in [2.24, 2.45) is 0 Å². The highest BCUT2D eigenvalue weighted by atomic mass is 32.2. The number of pyridine rings is 1. The Morgan fingerprint density at radius 2 is 2.06 bits per heavy atom. The van der Waals surface area contributed by atoms with Gasteiger partial charge in [-0.15, -0.1) is 0 Å². The maximum atomic E-state index is 11.2. The minimum Gasteiger partial charge on any atom is -0.224 e. The molecular formula is C11H13N2O2S+. The molecule has 4 nitrogen and oxygen atoms in total. The number of nitrogens with zero attached hydrogens (tertiary/aromatic N) is 2. The highest BCUT2D eigenvalue weighted by molar-refractivity contribution is 7.90. The third-order valence-corrected chi connectivity index (χ3v) is 3.16. The molecule has 0 saturated heterocycles. The largest absolute Gasteiger partial charge is 0.224 e. The van der Waals surface area contributed by atoms with E-state index >= 15 is 0 Å². The van der Waals surface area contributed by atoms with Crippen molar-refractivity contribution in [3.8, 4) is 6.07 Å². The van der Waals surface area contributed by atoms with E-state index < -0.39 is 9.84 Å². The molecule has 84 valence electrons. The second kappa shape index (κ2) is 4.90. The predicted octanol–water partition coefficient (Wildman–Crippen LogP) is 0.847. The van der Waals surface area contributed by atoms with E-state index in [0.29, 0.717) is 11.4 Å². The minimum absolute atomic E-state index is 0.297. The molecule has 0 fully saturated rings. The van der Waals surface area contributed by atoms with E-state index in [0.717, 1.165) is 5.57 Å². The Kier molecular flexibility index (Phi) is 3.80. The molecule has 16 heavy (non-hydrogen) atoms. The van der Waals surface area contributed by atoms with Gasteiger partial charge in [0.05, 0.1) is 11.0 Å². The molecule has 0 atom stereocenters. The molecule has 1 aromatic heterocycles. The van der Waals surface area contributed by atoms with Crippen LogP contribution in [0.3, 0.4) is 0 Å². The predicted molar refractivity (Wildman–Crippen MR) is 59.1 cm³/mol. The van der Waals surface area contributed by atoms with Crippen molar-refractivity contribution in [2.75, 3.05) is 6.26 Å². The lowest BCUT2D eigenvalue weighted by Crippen LogP contribution is -2.33. The Labute approximate surface area is 95.4 Å². The van der Waals surface area contributed by atoms with Gasteiger partial charge in [0.25, 0.3) is 0 Å². The summed E-state index contributed by atoms with van der Waals surface area (Å²) < 4.78 is 24.2. The summed E-state index contributed by atoms with van der Waals surface area (Å²) in [7, 11) is -3.14. The topological polar surface area (TPSA) is 61.8 Å². The molecule has 0 aromatic carbocycles. The van der Waals surface area contributed by atoms with Crippen LogP contribution in [0, 0.1) is 11.3 Å². The number of nitriles is 1. The van der Waals surface area contributed by atoms with Gasteiger partial charge in [-0.1, -0.05) is 0 Å².